The van der Waals surface area contributed by atoms with Crippen LogP contribution in [0.2, 0.25) is 5.02 Å². The van der Waals surface area contributed by atoms with Crippen molar-refractivity contribution in [2.45, 2.75) is 0 Å². The molecule has 0 spiro atoms. The molecule has 0 aliphatic heterocycles. The van der Waals surface area contributed by atoms with Gasteiger partial charge in [0, 0.05) is 16.3 Å². The van der Waals surface area contributed by atoms with Gasteiger partial charge in [0.2, 0.25) is 0 Å². The van der Waals surface area contributed by atoms with Crippen molar-refractivity contribution in [1.29, 1.82) is 0 Å². The lowest BCUT2D eigenvalue weighted by Crippen LogP contribution is -1.85. The summed E-state index contributed by atoms with van der Waals surface area (Å²) < 4.78 is 0.830. The molecule has 1 N–H and O–H groups in total. The maximum Gasteiger partial charge on any atom is 0.124 e. The molecule has 2 nitrogen and oxygen atoms in total. The van der Waals surface area contributed by atoms with Crippen molar-refractivity contribution < 1.29 is 5.11 Å². The van der Waals surface area contributed by atoms with Gasteiger partial charge in [0.25, 0.3) is 0 Å². The van der Waals surface area contributed by atoms with Crippen LogP contribution in [0.25, 0.3) is 10.8 Å². The number of benzene rings is 3. The molecule has 0 radical (unpaired) electrons. The van der Waals surface area contributed by atoms with Crippen LogP contribution in [0.4, 0.5) is 5.69 Å². The summed E-state index contributed by atoms with van der Waals surface area (Å²) in [5.41, 5.74) is 1.43. The highest BCUT2D eigenvalue weighted by Gasteiger charge is 2.04. The Hall–Kier alpha value is -1.84. The topological polar surface area (TPSA) is 32.6 Å². The van der Waals surface area contributed by atoms with E-state index in [-0.39, 0.29) is 5.75 Å². The molecule has 0 fully saturated rings. The van der Waals surface area contributed by atoms with E-state index in [0.717, 1.165) is 20.9 Å². The van der Waals surface area contributed by atoms with E-state index in [2.05, 4.69) is 20.9 Å². The van der Waals surface area contributed by atoms with Gasteiger partial charge in [-0.1, -0.05) is 41.9 Å². The second-order valence-corrected chi connectivity index (χ2v) is 5.84. The molecule has 0 atom stereocenters. The first-order valence-corrected chi connectivity index (χ1v) is 7.52. The molecular formula is C17H11BrClNO. The SMILES string of the molecule is Oc1ccc2ccccc2c1C=Nc1ccc(Br)c(Cl)c1. The summed E-state index contributed by atoms with van der Waals surface area (Å²) in [6, 6.07) is 16.9. The summed E-state index contributed by atoms with van der Waals surface area (Å²) in [5, 5.41) is 12.7. The van der Waals surface area contributed by atoms with Crippen LogP contribution in [0.1, 0.15) is 5.56 Å². The van der Waals surface area contributed by atoms with Crippen LogP contribution >= 0.6 is 27.5 Å². The minimum Gasteiger partial charge on any atom is -0.507 e. The Morgan fingerprint density at radius 3 is 2.67 bits per heavy atom. The molecular weight excluding hydrogens is 350 g/mol. The Balaban J connectivity index is 2.06. The zero-order valence-electron chi connectivity index (χ0n) is 10.9. The van der Waals surface area contributed by atoms with Crippen molar-refractivity contribution in [1.82, 2.24) is 0 Å². The second kappa shape index (κ2) is 5.88. The van der Waals surface area contributed by atoms with Crippen LogP contribution in [0.3, 0.4) is 0 Å². The molecule has 0 amide bonds. The number of aromatic hydroxyl groups is 1. The molecule has 104 valence electrons. The van der Waals surface area contributed by atoms with Crippen LogP contribution in [-0.2, 0) is 0 Å². The van der Waals surface area contributed by atoms with Crippen molar-refractivity contribution in [3.8, 4) is 5.75 Å². The van der Waals surface area contributed by atoms with Crippen molar-refractivity contribution in [2.75, 3.05) is 0 Å². The van der Waals surface area contributed by atoms with Gasteiger partial charge in [-0.15, -0.1) is 0 Å². The number of hydrogen-bond donors (Lipinski definition) is 1. The van der Waals surface area contributed by atoms with E-state index >= 15 is 0 Å². The zero-order valence-corrected chi connectivity index (χ0v) is 13.3. The molecule has 0 aliphatic carbocycles. The maximum atomic E-state index is 10.1. The Bertz CT molecular complexity index is 845. The highest BCUT2D eigenvalue weighted by molar-refractivity contribution is 9.10. The molecule has 4 heteroatoms. The van der Waals surface area contributed by atoms with Gasteiger partial charge in [-0.05, 0) is 51.0 Å². The lowest BCUT2D eigenvalue weighted by Gasteiger charge is -2.04. The monoisotopic (exact) mass is 359 g/mol. The molecule has 0 bridgehead atoms. The normalized spacial score (nSPS) is 11.3. The number of phenols is 1. The third kappa shape index (κ3) is 2.94. The predicted octanol–water partition coefficient (Wildman–Crippen LogP) is 5.71. The molecule has 0 heterocycles. The van der Waals surface area contributed by atoms with Crippen molar-refractivity contribution in [3.05, 3.63) is 69.7 Å². The standard InChI is InChI=1S/C17H11BrClNO/c18-15-7-6-12(9-16(15)19)20-10-14-13-4-2-1-3-11(13)5-8-17(14)21/h1-10,21H. The number of aliphatic imine (C=N–C) groups is 1. The fraction of sp³-hybridized carbons (Fsp3) is 0. The van der Waals surface area contributed by atoms with Crippen LogP contribution in [-0.4, -0.2) is 11.3 Å². The third-order valence-corrected chi connectivity index (χ3v) is 4.43. The van der Waals surface area contributed by atoms with Crippen LogP contribution in [0, 0.1) is 0 Å². The lowest BCUT2D eigenvalue weighted by molar-refractivity contribution is 0.475. The summed E-state index contributed by atoms with van der Waals surface area (Å²) in [5.74, 6) is 0.209. The first-order chi connectivity index (χ1) is 10.1. The number of rotatable bonds is 2. The van der Waals surface area contributed by atoms with Gasteiger partial charge in [0.15, 0.2) is 0 Å². The second-order valence-electron chi connectivity index (χ2n) is 4.58. The summed E-state index contributed by atoms with van der Waals surface area (Å²) in [7, 11) is 0. The van der Waals surface area contributed by atoms with Gasteiger partial charge in [-0.3, -0.25) is 4.99 Å². The van der Waals surface area contributed by atoms with E-state index in [1.807, 2.05) is 42.5 Å². The summed E-state index contributed by atoms with van der Waals surface area (Å²) in [4.78, 5) is 4.40. The van der Waals surface area contributed by atoms with Crippen LogP contribution in [0.5, 0.6) is 5.75 Å². The maximum absolute atomic E-state index is 10.1. The number of fused-ring (bicyclic) bond motifs is 1. The average Bonchev–Trinajstić information content (AvgIpc) is 2.50. The Kier molecular flexibility index (Phi) is 3.95. The lowest BCUT2D eigenvalue weighted by atomic mass is 10.0. The molecule has 0 saturated carbocycles. The summed E-state index contributed by atoms with van der Waals surface area (Å²) in [6.07, 6.45) is 1.66. The van der Waals surface area contributed by atoms with Crippen molar-refractivity contribution >= 4 is 50.2 Å². The quantitative estimate of drug-likeness (QED) is 0.583. The molecule has 3 aromatic rings. The molecule has 3 rings (SSSR count). The Morgan fingerprint density at radius 2 is 1.86 bits per heavy atom. The summed E-state index contributed by atoms with van der Waals surface area (Å²) in [6.45, 7) is 0. The molecule has 0 aromatic heterocycles. The fourth-order valence-electron chi connectivity index (χ4n) is 2.12. The van der Waals surface area contributed by atoms with E-state index in [0.29, 0.717) is 10.6 Å². The highest BCUT2D eigenvalue weighted by Crippen LogP contribution is 2.29. The van der Waals surface area contributed by atoms with E-state index in [9.17, 15) is 5.11 Å². The van der Waals surface area contributed by atoms with Crippen molar-refractivity contribution in [3.63, 3.8) is 0 Å². The predicted molar refractivity (Wildman–Crippen MR) is 92.0 cm³/mol. The van der Waals surface area contributed by atoms with Crippen LogP contribution in [0.15, 0.2) is 64.1 Å². The molecule has 0 unspecified atom stereocenters. The van der Waals surface area contributed by atoms with E-state index < -0.39 is 0 Å². The van der Waals surface area contributed by atoms with Gasteiger partial charge >= 0.3 is 0 Å². The first kappa shape index (κ1) is 14.1. The summed E-state index contributed by atoms with van der Waals surface area (Å²) >= 11 is 9.40. The van der Waals surface area contributed by atoms with Gasteiger partial charge in [-0.2, -0.15) is 0 Å². The fourth-order valence-corrected chi connectivity index (χ4v) is 2.55. The van der Waals surface area contributed by atoms with E-state index in [1.165, 1.54) is 0 Å². The zero-order chi connectivity index (χ0) is 14.8. The number of phenolic OH excluding ortho intramolecular Hbond substituents is 1. The van der Waals surface area contributed by atoms with Gasteiger partial charge in [0.05, 0.1) is 10.7 Å². The van der Waals surface area contributed by atoms with E-state index in [4.69, 9.17) is 11.6 Å². The number of nitrogens with zero attached hydrogens (tertiary/aromatic N) is 1. The van der Waals surface area contributed by atoms with Crippen LogP contribution < -0.4 is 0 Å². The molecule has 3 aromatic carbocycles. The van der Waals surface area contributed by atoms with E-state index in [1.54, 1.807) is 18.3 Å². The third-order valence-electron chi connectivity index (χ3n) is 3.19. The molecule has 0 aliphatic rings. The Morgan fingerprint density at radius 1 is 1.05 bits per heavy atom. The minimum absolute atomic E-state index is 0.209. The molecule has 0 saturated heterocycles. The highest BCUT2D eigenvalue weighted by atomic mass is 79.9. The molecule has 21 heavy (non-hydrogen) atoms. The first-order valence-electron chi connectivity index (χ1n) is 6.35. The Labute approximate surface area is 135 Å². The number of halogens is 2. The van der Waals surface area contributed by atoms with Crippen molar-refractivity contribution in [2.24, 2.45) is 4.99 Å². The minimum atomic E-state index is 0.209. The number of hydrogen-bond acceptors (Lipinski definition) is 2. The average molecular weight is 361 g/mol. The van der Waals surface area contributed by atoms with Gasteiger partial charge in [0.1, 0.15) is 5.75 Å². The smallest absolute Gasteiger partial charge is 0.124 e. The van der Waals surface area contributed by atoms with Gasteiger partial charge in [-0.25, -0.2) is 0 Å². The largest absolute Gasteiger partial charge is 0.507 e. The van der Waals surface area contributed by atoms with Gasteiger partial charge < -0.3 is 5.11 Å².